The van der Waals surface area contributed by atoms with E-state index in [2.05, 4.69) is 5.32 Å². The molecule has 0 bridgehead atoms. The second-order valence-corrected chi connectivity index (χ2v) is 7.82. The summed E-state index contributed by atoms with van der Waals surface area (Å²) >= 11 is 7.32. The maximum Gasteiger partial charge on any atom is 0.242 e. The highest BCUT2D eigenvalue weighted by Crippen LogP contribution is 2.24. The Morgan fingerprint density at radius 1 is 1.21 bits per heavy atom. The lowest BCUT2D eigenvalue weighted by molar-refractivity contribution is -0.138. The summed E-state index contributed by atoms with van der Waals surface area (Å²) in [5.41, 5.74) is 2.41. The van der Waals surface area contributed by atoms with Crippen molar-refractivity contribution >= 4 is 35.2 Å². The van der Waals surface area contributed by atoms with Crippen molar-refractivity contribution in [3.63, 3.8) is 0 Å². The van der Waals surface area contributed by atoms with Crippen molar-refractivity contribution in [2.24, 2.45) is 0 Å². The molecule has 0 fully saturated rings. The molecule has 4 nitrogen and oxygen atoms in total. The average molecular weight is 423 g/mol. The van der Waals surface area contributed by atoms with Crippen LogP contribution in [0, 0.1) is 12.7 Å². The van der Waals surface area contributed by atoms with Crippen LogP contribution in [0.2, 0.25) is 5.02 Å². The van der Waals surface area contributed by atoms with E-state index in [-0.39, 0.29) is 29.1 Å². The van der Waals surface area contributed by atoms with Crippen LogP contribution in [0.15, 0.2) is 42.5 Å². The molecule has 7 heteroatoms. The van der Waals surface area contributed by atoms with Gasteiger partial charge in [0.15, 0.2) is 0 Å². The number of carbonyl (C=O) groups excluding carboxylic acids is 2. The van der Waals surface area contributed by atoms with Crippen molar-refractivity contribution < 1.29 is 14.0 Å². The second kappa shape index (κ2) is 10.5. The highest BCUT2D eigenvalue weighted by molar-refractivity contribution is 7.99. The van der Waals surface area contributed by atoms with E-state index in [0.29, 0.717) is 17.1 Å². The summed E-state index contributed by atoms with van der Waals surface area (Å²) in [4.78, 5) is 26.6. The van der Waals surface area contributed by atoms with Crippen LogP contribution in [0.4, 0.5) is 4.39 Å². The maximum absolute atomic E-state index is 13.9. The summed E-state index contributed by atoms with van der Waals surface area (Å²) in [5, 5.41) is 2.93. The predicted octanol–water partition coefficient (Wildman–Crippen LogP) is 4.18. The van der Waals surface area contributed by atoms with Crippen LogP contribution < -0.4 is 5.32 Å². The van der Waals surface area contributed by atoms with Gasteiger partial charge in [-0.05, 0) is 37.1 Å². The number of rotatable bonds is 8. The van der Waals surface area contributed by atoms with Gasteiger partial charge in [0.2, 0.25) is 11.8 Å². The number of hydrogen-bond donors (Lipinski definition) is 1. The van der Waals surface area contributed by atoms with Crippen LogP contribution in [0.1, 0.15) is 23.6 Å². The van der Waals surface area contributed by atoms with Gasteiger partial charge in [0, 0.05) is 29.9 Å². The van der Waals surface area contributed by atoms with Gasteiger partial charge < -0.3 is 10.2 Å². The number of nitrogens with one attached hydrogen (secondary N) is 1. The molecule has 2 rings (SSSR count). The molecule has 0 spiro atoms. The first kappa shape index (κ1) is 22.2. The minimum atomic E-state index is -0.616. The first-order valence-electron chi connectivity index (χ1n) is 8.91. The molecule has 150 valence electrons. The molecular formula is C21H24ClFN2O2S. The molecule has 0 aliphatic rings. The number of halogens is 2. The number of amides is 2. The molecule has 0 aliphatic carbocycles. The molecule has 1 atom stereocenters. The van der Waals surface area contributed by atoms with E-state index in [9.17, 15) is 14.0 Å². The minimum absolute atomic E-state index is 0.123. The largest absolute Gasteiger partial charge is 0.357 e. The summed E-state index contributed by atoms with van der Waals surface area (Å²) in [6.07, 6.45) is 0. The average Bonchev–Trinajstić information content (AvgIpc) is 2.68. The van der Waals surface area contributed by atoms with Gasteiger partial charge in [-0.25, -0.2) is 4.39 Å². The van der Waals surface area contributed by atoms with E-state index in [0.717, 1.165) is 11.1 Å². The third kappa shape index (κ3) is 5.72. The van der Waals surface area contributed by atoms with E-state index >= 15 is 0 Å². The molecule has 0 aromatic heterocycles. The Kier molecular flexibility index (Phi) is 8.33. The van der Waals surface area contributed by atoms with Crippen LogP contribution in [-0.4, -0.2) is 35.6 Å². The Labute approximate surface area is 174 Å². The first-order valence-corrected chi connectivity index (χ1v) is 10.4. The Morgan fingerprint density at radius 2 is 1.93 bits per heavy atom. The Balaban J connectivity index is 2.10. The van der Waals surface area contributed by atoms with Gasteiger partial charge in [-0.1, -0.05) is 41.9 Å². The Morgan fingerprint density at radius 3 is 2.57 bits per heavy atom. The lowest BCUT2D eigenvalue weighted by Gasteiger charge is -2.29. The summed E-state index contributed by atoms with van der Waals surface area (Å²) in [5.74, 6) is -0.398. The fraction of sp³-hybridized carbons (Fsp3) is 0.333. The molecule has 0 aliphatic heterocycles. The standard InChI is InChI=1S/C21H24ClFN2O2S/c1-14-7-4-5-8-16(14)11-25(15(2)21(27)24-3)20(26)13-28-12-17-18(22)9-6-10-19(17)23/h4-10,15H,11-13H2,1-3H3,(H,24,27)/t15-/m1/s1. The van der Waals surface area contributed by atoms with Gasteiger partial charge in [-0.15, -0.1) is 11.8 Å². The number of likely N-dealkylation sites (N-methyl/N-ethyl adjacent to an activating group) is 1. The number of carbonyl (C=O) groups is 2. The third-order valence-electron chi connectivity index (χ3n) is 4.55. The van der Waals surface area contributed by atoms with Crippen LogP contribution in [0.3, 0.4) is 0 Å². The van der Waals surface area contributed by atoms with Crippen molar-refractivity contribution in [1.29, 1.82) is 0 Å². The van der Waals surface area contributed by atoms with Gasteiger partial charge >= 0.3 is 0 Å². The zero-order valence-electron chi connectivity index (χ0n) is 16.2. The second-order valence-electron chi connectivity index (χ2n) is 6.43. The smallest absolute Gasteiger partial charge is 0.242 e. The molecule has 2 aromatic rings. The van der Waals surface area contributed by atoms with E-state index in [1.807, 2.05) is 31.2 Å². The third-order valence-corrected chi connectivity index (χ3v) is 5.85. The molecular weight excluding hydrogens is 399 g/mol. The lowest BCUT2D eigenvalue weighted by atomic mass is 10.1. The number of nitrogens with zero attached hydrogens (tertiary/aromatic N) is 1. The van der Waals surface area contributed by atoms with Crippen molar-refractivity contribution in [2.75, 3.05) is 12.8 Å². The van der Waals surface area contributed by atoms with Crippen LogP contribution in [0.25, 0.3) is 0 Å². The number of hydrogen-bond acceptors (Lipinski definition) is 3. The molecule has 0 unspecified atom stereocenters. The number of aryl methyl sites for hydroxylation is 1. The molecule has 1 N–H and O–H groups in total. The van der Waals surface area contributed by atoms with E-state index in [4.69, 9.17) is 11.6 Å². The minimum Gasteiger partial charge on any atom is -0.357 e. The molecule has 28 heavy (non-hydrogen) atoms. The zero-order valence-corrected chi connectivity index (χ0v) is 17.7. The Hall–Kier alpha value is -2.05. The van der Waals surface area contributed by atoms with Crippen molar-refractivity contribution in [3.05, 3.63) is 70.0 Å². The van der Waals surface area contributed by atoms with Gasteiger partial charge in [0.05, 0.1) is 5.75 Å². The highest BCUT2D eigenvalue weighted by Gasteiger charge is 2.25. The quantitative estimate of drug-likeness (QED) is 0.694. The highest BCUT2D eigenvalue weighted by atomic mass is 35.5. The zero-order chi connectivity index (χ0) is 20.7. The molecule has 2 amide bonds. The predicted molar refractivity (Wildman–Crippen MR) is 113 cm³/mol. The molecule has 0 saturated heterocycles. The topological polar surface area (TPSA) is 49.4 Å². The molecule has 2 aromatic carbocycles. The van der Waals surface area contributed by atoms with Gasteiger partial charge in [-0.3, -0.25) is 9.59 Å². The summed E-state index contributed by atoms with van der Waals surface area (Å²) in [6, 6.07) is 11.7. The fourth-order valence-electron chi connectivity index (χ4n) is 2.76. The van der Waals surface area contributed by atoms with Crippen molar-refractivity contribution in [1.82, 2.24) is 10.2 Å². The first-order chi connectivity index (χ1) is 13.3. The Bertz CT molecular complexity index is 827. The van der Waals surface area contributed by atoms with Crippen LogP contribution in [0.5, 0.6) is 0 Å². The fourth-order valence-corrected chi connectivity index (χ4v) is 4.01. The molecule has 0 radical (unpaired) electrons. The number of benzene rings is 2. The summed E-state index contributed by atoms with van der Waals surface area (Å²) in [6.45, 7) is 4.01. The van der Waals surface area contributed by atoms with E-state index in [1.54, 1.807) is 31.0 Å². The SMILES string of the molecule is CNC(=O)[C@@H](C)N(Cc1ccccc1C)C(=O)CSCc1c(F)cccc1Cl. The summed E-state index contributed by atoms with van der Waals surface area (Å²) in [7, 11) is 1.55. The molecule has 0 heterocycles. The van der Waals surface area contributed by atoms with Crippen LogP contribution in [-0.2, 0) is 21.9 Å². The van der Waals surface area contributed by atoms with E-state index < -0.39 is 6.04 Å². The van der Waals surface area contributed by atoms with Crippen LogP contribution >= 0.6 is 23.4 Å². The van der Waals surface area contributed by atoms with Crippen molar-refractivity contribution in [3.8, 4) is 0 Å². The van der Waals surface area contributed by atoms with Gasteiger partial charge in [-0.2, -0.15) is 0 Å². The van der Waals surface area contributed by atoms with Gasteiger partial charge in [0.25, 0.3) is 0 Å². The monoisotopic (exact) mass is 422 g/mol. The van der Waals surface area contributed by atoms with Gasteiger partial charge in [0.1, 0.15) is 11.9 Å². The summed E-state index contributed by atoms with van der Waals surface area (Å²) < 4.78 is 13.9. The van der Waals surface area contributed by atoms with Crippen molar-refractivity contribution in [2.45, 2.75) is 32.2 Å². The normalized spacial score (nSPS) is 11.8. The number of thioether (sulfide) groups is 1. The lowest BCUT2D eigenvalue weighted by Crippen LogP contribution is -2.47. The molecule has 0 saturated carbocycles. The van der Waals surface area contributed by atoms with E-state index in [1.165, 1.54) is 17.8 Å². The maximum atomic E-state index is 13.9.